The van der Waals surface area contributed by atoms with Crippen molar-refractivity contribution in [2.24, 2.45) is 11.1 Å². The number of esters is 1. The van der Waals surface area contributed by atoms with Crippen molar-refractivity contribution in [3.8, 4) is 11.5 Å². The summed E-state index contributed by atoms with van der Waals surface area (Å²) in [5.74, 6) is -2.67. The minimum absolute atomic E-state index is 0.0678. The van der Waals surface area contributed by atoms with Gasteiger partial charge in [-0.2, -0.15) is 0 Å². The number of ether oxygens (including phenoxy) is 2. The average Bonchev–Trinajstić information content (AvgIpc) is 3.06. The van der Waals surface area contributed by atoms with E-state index in [9.17, 15) is 39.9 Å². The Balaban J connectivity index is 1.50. The van der Waals surface area contributed by atoms with Gasteiger partial charge in [0.05, 0.1) is 36.3 Å². The van der Waals surface area contributed by atoms with E-state index >= 15 is 0 Å². The Hall–Kier alpha value is -3.63. The molecule has 0 saturated carbocycles. The number of carbonyl (C=O) groups is 3. The largest absolute Gasteiger partial charge is 0.508 e. The summed E-state index contributed by atoms with van der Waals surface area (Å²) < 4.78 is 11.3. The third-order valence-corrected chi connectivity index (χ3v) is 9.80. The molecule has 2 fully saturated rings. The SMILES string of the molecule is C[C@@H]1C/C=C/[C@H](NC(=O)CS[C@@H]2OC(CO)[C@@H](C)[C@H](O)C2O)C/C=C/C(=N/OCC(=O)N2CCCCC2)Cc2cc(O)cc(O)c2C(=O)O1. The second kappa shape index (κ2) is 18.4. The third kappa shape index (κ3) is 10.9. The number of oxime groups is 1. The smallest absolute Gasteiger partial charge is 0.342 e. The van der Waals surface area contributed by atoms with E-state index in [1.54, 1.807) is 43.1 Å². The number of nitrogens with one attached hydrogen (secondary N) is 1. The number of piperidine rings is 1. The number of likely N-dealkylation sites (tertiary alicyclic amines) is 1. The molecule has 3 aliphatic heterocycles. The first-order valence-corrected chi connectivity index (χ1v) is 17.6. The lowest BCUT2D eigenvalue weighted by atomic mass is 9.92. The van der Waals surface area contributed by atoms with Crippen molar-refractivity contribution in [3.05, 3.63) is 47.6 Å². The normalized spacial score (nSPS) is 30.4. The summed E-state index contributed by atoms with van der Waals surface area (Å²) in [7, 11) is 0. The van der Waals surface area contributed by atoms with Crippen LogP contribution in [0.15, 0.2) is 41.6 Å². The van der Waals surface area contributed by atoms with Gasteiger partial charge in [0.25, 0.3) is 5.91 Å². The van der Waals surface area contributed by atoms with E-state index in [1.165, 1.54) is 6.07 Å². The van der Waals surface area contributed by atoms with E-state index in [2.05, 4.69) is 10.5 Å². The number of aromatic hydroxyl groups is 2. The molecule has 0 aliphatic carbocycles. The number of fused-ring (bicyclic) bond motifs is 1. The molecule has 49 heavy (non-hydrogen) atoms. The van der Waals surface area contributed by atoms with Crippen molar-refractivity contribution in [1.82, 2.24) is 10.2 Å². The number of aliphatic hydroxyl groups excluding tert-OH is 3. The molecule has 0 radical (unpaired) electrons. The van der Waals surface area contributed by atoms with Crippen molar-refractivity contribution in [2.45, 2.75) is 88.3 Å². The zero-order chi connectivity index (χ0) is 35.5. The summed E-state index contributed by atoms with van der Waals surface area (Å²) in [5.41, 5.74) is -0.534. The summed E-state index contributed by atoms with van der Waals surface area (Å²) >= 11 is 1.01. The van der Waals surface area contributed by atoms with Crippen LogP contribution in [0, 0.1) is 5.92 Å². The van der Waals surface area contributed by atoms with Gasteiger partial charge in [0.15, 0.2) is 6.61 Å². The molecule has 15 heteroatoms. The van der Waals surface area contributed by atoms with Gasteiger partial charge >= 0.3 is 5.97 Å². The van der Waals surface area contributed by atoms with Gasteiger partial charge in [0.2, 0.25) is 5.91 Å². The van der Waals surface area contributed by atoms with E-state index < -0.39 is 53.5 Å². The minimum Gasteiger partial charge on any atom is -0.508 e. The van der Waals surface area contributed by atoms with E-state index in [1.807, 2.05) is 0 Å². The molecule has 0 spiro atoms. The maximum Gasteiger partial charge on any atom is 0.342 e. The fourth-order valence-electron chi connectivity index (χ4n) is 5.85. The number of phenolic OH excluding ortho intramolecular Hbond substituents is 2. The molecule has 0 bridgehead atoms. The van der Waals surface area contributed by atoms with E-state index in [0.29, 0.717) is 25.9 Å². The topological polar surface area (TPSA) is 208 Å². The van der Waals surface area contributed by atoms with Crippen LogP contribution in [-0.2, 0) is 30.3 Å². The number of aliphatic hydroxyl groups is 3. The van der Waals surface area contributed by atoms with E-state index in [4.69, 9.17) is 14.3 Å². The Morgan fingerprint density at radius 2 is 1.84 bits per heavy atom. The Kier molecular flexibility index (Phi) is 14.3. The summed E-state index contributed by atoms with van der Waals surface area (Å²) in [5, 5.41) is 58.3. The number of allylic oxidation sites excluding steroid dienone is 1. The van der Waals surface area contributed by atoms with Gasteiger partial charge in [-0.25, -0.2) is 4.79 Å². The molecule has 6 N–H and O–H groups in total. The maximum absolute atomic E-state index is 13.2. The average molecular weight is 706 g/mol. The van der Waals surface area contributed by atoms with Crippen LogP contribution < -0.4 is 5.32 Å². The third-order valence-electron chi connectivity index (χ3n) is 8.65. The van der Waals surface area contributed by atoms with Gasteiger partial charge in [0.1, 0.15) is 34.7 Å². The van der Waals surface area contributed by atoms with Crippen molar-refractivity contribution < 1.29 is 54.2 Å². The fourth-order valence-corrected chi connectivity index (χ4v) is 6.83. The van der Waals surface area contributed by atoms with Crippen molar-refractivity contribution in [1.29, 1.82) is 0 Å². The molecule has 2 amide bonds. The maximum atomic E-state index is 13.2. The molecule has 1 aromatic carbocycles. The summed E-state index contributed by atoms with van der Waals surface area (Å²) in [4.78, 5) is 46.0. The molecule has 1 aromatic rings. The molecule has 2 saturated heterocycles. The first-order chi connectivity index (χ1) is 23.5. The lowest BCUT2D eigenvalue weighted by Gasteiger charge is -2.40. The lowest BCUT2D eigenvalue weighted by molar-refractivity contribution is -0.176. The van der Waals surface area contributed by atoms with Crippen molar-refractivity contribution in [3.63, 3.8) is 0 Å². The molecule has 3 heterocycles. The van der Waals surface area contributed by atoms with Crippen LogP contribution in [-0.4, -0.2) is 122 Å². The zero-order valence-corrected chi connectivity index (χ0v) is 28.6. The summed E-state index contributed by atoms with van der Waals surface area (Å²) in [6.45, 7) is 4.04. The number of phenols is 2. The fraction of sp³-hybridized carbons (Fsp3) is 0.588. The Bertz CT molecular complexity index is 1400. The van der Waals surface area contributed by atoms with Crippen LogP contribution in [0.5, 0.6) is 11.5 Å². The van der Waals surface area contributed by atoms with Gasteiger partial charge in [-0.1, -0.05) is 30.3 Å². The number of hydrogen-bond donors (Lipinski definition) is 6. The number of nitrogens with zero attached hydrogens (tertiary/aromatic N) is 2. The van der Waals surface area contributed by atoms with Crippen molar-refractivity contribution in [2.75, 3.05) is 32.1 Å². The summed E-state index contributed by atoms with van der Waals surface area (Å²) in [6, 6.07) is 1.87. The number of cyclic esters (lactones) is 1. The Morgan fingerprint density at radius 3 is 2.57 bits per heavy atom. The Morgan fingerprint density at radius 1 is 1.08 bits per heavy atom. The van der Waals surface area contributed by atoms with E-state index in [-0.39, 0.29) is 59.8 Å². The van der Waals surface area contributed by atoms with Crippen molar-refractivity contribution >= 4 is 35.3 Å². The standard InChI is InChI=1S/C34H47N3O11S/c1-20-8-6-9-23(35-28(41)19-49-34-32(44)31(43)21(2)27(17-38)48-34)10-7-11-24(36-46-18-29(42)37-12-4-3-5-13-37)14-22-15-25(39)16-26(40)30(22)33(45)47-20/h6-7,9,11,15-16,20-21,23,27,31-32,34,38-40,43-44H,3-5,8,10,12-14,17-19H2,1-2H3,(H,35,41)/b9-6+,11-7+,36-24-/t20-,21-,23+,27?,31+,32?,34+/m1/s1. The van der Waals surface area contributed by atoms with Gasteiger partial charge in [-0.15, -0.1) is 11.8 Å². The Labute approximate surface area is 289 Å². The molecule has 14 nitrogen and oxygen atoms in total. The number of benzene rings is 1. The predicted molar refractivity (Wildman–Crippen MR) is 181 cm³/mol. The van der Waals surface area contributed by atoms with Gasteiger partial charge in [-0.05, 0) is 50.3 Å². The molecule has 270 valence electrons. The number of rotatable bonds is 8. The lowest BCUT2D eigenvalue weighted by Crippen LogP contribution is -2.53. The quantitative estimate of drug-likeness (QED) is 0.130. The molecular formula is C34H47N3O11S. The van der Waals surface area contributed by atoms with Gasteiger partial charge < -0.3 is 50.1 Å². The predicted octanol–water partition coefficient (Wildman–Crippen LogP) is 1.77. The first kappa shape index (κ1) is 38.2. The second-order valence-corrected chi connectivity index (χ2v) is 13.6. The minimum atomic E-state index is -1.24. The van der Waals surface area contributed by atoms with E-state index in [0.717, 1.165) is 37.1 Å². The van der Waals surface area contributed by atoms with Crippen LogP contribution in [0.1, 0.15) is 61.9 Å². The monoisotopic (exact) mass is 705 g/mol. The number of amides is 2. The number of carbonyl (C=O) groups excluding carboxylic acids is 3. The highest BCUT2D eigenvalue weighted by Gasteiger charge is 2.42. The number of thioether (sulfide) groups is 1. The highest BCUT2D eigenvalue weighted by Crippen LogP contribution is 2.32. The first-order valence-electron chi connectivity index (χ1n) is 16.6. The van der Waals surface area contributed by atoms with Gasteiger partial charge in [0, 0.05) is 37.9 Å². The van der Waals surface area contributed by atoms with Crippen LogP contribution in [0.25, 0.3) is 0 Å². The highest BCUT2D eigenvalue weighted by molar-refractivity contribution is 8.00. The highest BCUT2D eigenvalue weighted by atomic mass is 32.2. The van der Waals surface area contributed by atoms with Crippen LogP contribution in [0.3, 0.4) is 0 Å². The molecule has 4 rings (SSSR count). The number of hydrogen-bond acceptors (Lipinski definition) is 13. The molecule has 2 unspecified atom stereocenters. The summed E-state index contributed by atoms with van der Waals surface area (Å²) in [6.07, 6.45) is 6.70. The van der Waals surface area contributed by atoms with Gasteiger partial charge in [-0.3, -0.25) is 9.59 Å². The van der Waals surface area contributed by atoms with Crippen LogP contribution >= 0.6 is 11.8 Å². The van der Waals surface area contributed by atoms with Crippen LogP contribution in [0.2, 0.25) is 0 Å². The molecule has 0 aromatic heterocycles. The molecule has 7 atom stereocenters. The molecular weight excluding hydrogens is 658 g/mol. The molecule has 3 aliphatic rings. The second-order valence-electron chi connectivity index (χ2n) is 12.5. The zero-order valence-electron chi connectivity index (χ0n) is 27.8. The van der Waals surface area contributed by atoms with Crippen LogP contribution in [0.4, 0.5) is 0 Å².